The Morgan fingerprint density at radius 2 is 1.52 bits per heavy atom. The number of nitrogens with zero attached hydrogens (tertiary/aromatic N) is 2. The molecule has 0 aromatic heterocycles. The van der Waals surface area contributed by atoms with Gasteiger partial charge in [-0.2, -0.15) is 0 Å². The largest absolute Gasteiger partial charge is 0.354 e. The van der Waals surface area contributed by atoms with Crippen molar-refractivity contribution in [1.29, 1.82) is 0 Å². The van der Waals surface area contributed by atoms with Gasteiger partial charge in [0.05, 0.1) is 10.6 Å². The first-order chi connectivity index (χ1) is 19.1. The van der Waals surface area contributed by atoms with Crippen molar-refractivity contribution < 1.29 is 18.0 Å². The van der Waals surface area contributed by atoms with Crippen molar-refractivity contribution in [3.63, 3.8) is 0 Å². The van der Waals surface area contributed by atoms with Crippen molar-refractivity contribution in [2.24, 2.45) is 0 Å². The summed E-state index contributed by atoms with van der Waals surface area (Å²) in [4.78, 5) is 29.0. The first kappa shape index (κ1) is 30.9. The van der Waals surface area contributed by atoms with Crippen LogP contribution in [0.5, 0.6) is 0 Å². The van der Waals surface area contributed by atoms with Gasteiger partial charge in [-0.15, -0.1) is 0 Å². The minimum absolute atomic E-state index is 0.0955. The Bertz CT molecular complexity index is 1390. The molecule has 3 aromatic carbocycles. The molecule has 3 aromatic rings. The van der Waals surface area contributed by atoms with E-state index in [1.54, 1.807) is 24.3 Å². The fourth-order valence-electron chi connectivity index (χ4n) is 4.54. The zero-order chi connectivity index (χ0) is 29.3. The normalized spacial score (nSPS) is 12.0. The number of anilines is 1. The molecule has 0 aliphatic rings. The number of amides is 2. The van der Waals surface area contributed by atoms with Gasteiger partial charge in [0.1, 0.15) is 12.6 Å². The number of sulfonamides is 1. The average molecular weight is 564 g/mol. The van der Waals surface area contributed by atoms with Crippen LogP contribution in [-0.4, -0.2) is 44.3 Å². The van der Waals surface area contributed by atoms with E-state index in [2.05, 4.69) is 5.32 Å². The molecular formula is C32H41N3O4S. The molecule has 0 saturated carbocycles. The zero-order valence-electron chi connectivity index (χ0n) is 24.2. The lowest BCUT2D eigenvalue weighted by atomic mass is 10.1. The Kier molecular flexibility index (Phi) is 10.9. The highest BCUT2D eigenvalue weighted by atomic mass is 32.2. The molecule has 2 amide bonds. The SMILES string of the molecule is CCCCNC(=O)C(CC)N(Cc1ccc(C)cc1)C(=O)CN(c1cc(C)ccc1C)S(=O)(=O)c1ccccc1. The molecule has 7 nitrogen and oxygen atoms in total. The third kappa shape index (κ3) is 7.72. The van der Waals surface area contributed by atoms with Gasteiger partial charge in [-0.25, -0.2) is 8.42 Å². The molecule has 0 spiro atoms. The second kappa shape index (κ2) is 14.1. The summed E-state index contributed by atoms with van der Waals surface area (Å²) in [5, 5.41) is 2.96. The number of carbonyl (C=O) groups excluding carboxylic acids is 2. The first-order valence-electron chi connectivity index (χ1n) is 13.9. The summed E-state index contributed by atoms with van der Waals surface area (Å²) in [6, 6.07) is 20.7. The van der Waals surface area contributed by atoms with Gasteiger partial charge >= 0.3 is 0 Å². The van der Waals surface area contributed by atoms with E-state index in [1.807, 2.05) is 71.0 Å². The maximum Gasteiger partial charge on any atom is 0.264 e. The van der Waals surface area contributed by atoms with Gasteiger partial charge in [0.15, 0.2) is 0 Å². The quantitative estimate of drug-likeness (QED) is 0.277. The summed E-state index contributed by atoms with van der Waals surface area (Å²) in [5.74, 6) is -0.681. The zero-order valence-corrected chi connectivity index (χ0v) is 25.0. The maximum atomic E-state index is 14.1. The standard InChI is InChI=1S/C32H41N3O4S/c1-6-8-20-33-32(37)29(7-2)34(22-27-18-15-24(3)16-19-27)31(36)23-35(30-21-25(4)14-17-26(30)5)40(38,39)28-12-10-9-11-13-28/h9-19,21,29H,6-8,20,22-23H2,1-5H3,(H,33,37). The van der Waals surface area contributed by atoms with E-state index >= 15 is 0 Å². The number of nitrogens with one attached hydrogen (secondary N) is 1. The fourth-order valence-corrected chi connectivity index (χ4v) is 6.03. The molecule has 8 heteroatoms. The van der Waals surface area contributed by atoms with E-state index in [0.717, 1.165) is 35.1 Å². The van der Waals surface area contributed by atoms with Crippen molar-refractivity contribution in [1.82, 2.24) is 10.2 Å². The van der Waals surface area contributed by atoms with Gasteiger partial charge < -0.3 is 10.2 Å². The van der Waals surface area contributed by atoms with Crippen molar-refractivity contribution in [2.45, 2.75) is 71.4 Å². The smallest absolute Gasteiger partial charge is 0.264 e. The minimum atomic E-state index is -4.09. The number of unbranched alkanes of at least 4 members (excludes halogenated alkanes) is 1. The Hall–Kier alpha value is -3.65. The number of hydrogen-bond donors (Lipinski definition) is 1. The number of hydrogen-bond acceptors (Lipinski definition) is 4. The molecule has 0 saturated heterocycles. The van der Waals surface area contributed by atoms with Crippen LogP contribution in [0.1, 0.15) is 55.4 Å². The molecular weight excluding hydrogens is 522 g/mol. The van der Waals surface area contributed by atoms with E-state index in [0.29, 0.717) is 18.7 Å². The van der Waals surface area contributed by atoms with Crippen LogP contribution in [0.2, 0.25) is 0 Å². The van der Waals surface area contributed by atoms with Gasteiger partial charge in [-0.3, -0.25) is 13.9 Å². The summed E-state index contributed by atoms with van der Waals surface area (Å²) in [5.41, 5.74) is 3.99. The fraction of sp³-hybridized carbons (Fsp3) is 0.375. The van der Waals surface area contributed by atoms with Crippen LogP contribution in [0.25, 0.3) is 0 Å². The van der Waals surface area contributed by atoms with Crippen LogP contribution in [-0.2, 0) is 26.2 Å². The monoisotopic (exact) mass is 563 g/mol. The summed E-state index contributed by atoms with van der Waals surface area (Å²) < 4.78 is 29.1. The lowest BCUT2D eigenvalue weighted by Gasteiger charge is -2.33. The molecule has 0 bridgehead atoms. The third-order valence-corrected chi connectivity index (χ3v) is 8.71. The van der Waals surface area contributed by atoms with Crippen molar-refractivity contribution in [3.8, 4) is 0 Å². The van der Waals surface area contributed by atoms with Crippen LogP contribution < -0.4 is 9.62 Å². The molecule has 1 N–H and O–H groups in total. The highest BCUT2D eigenvalue weighted by molar-refractivity contribution is 7.92. The molecule has 0 heterocycles. The predicted octanol–water partition coefficient (Wildman–Crippen LogP) is 5.53. The molecule has 0 aliphatic carbocycles. The Labute approximate surface area is 239 Å². The second-order valence-electron chi connectivity index (χ2n) is 10.2. The van der Waals surface area contributed by atoms with E-state index in [4.69, 9.17) is 0 Å². The van der Waals surface area contributed by atoms with Crippen molar-refractivity contribution in [3.05, 3.63) is 95.1 Å². The molecule has 40 heavy (non-hydrogen) atoms. The third-order valence-electron chi connectivity index (χ3n) is 6.93. The van der Waals surface area contributed by atoms with Gasteiger partial charge in [0.2, 0.25) is 11.8 Å². The number of carbonyl (C=O) groups is 2. The molecule has 0 aliphatic heterocycles. The summed E-state index contributed by atoms with van der Waals surface area (Å²) in [6.07, 6.45) is 2.17. The van der Waals surface area contributed by atoms with Crippen LogP contribution in [0.4, 0.5) is 5.69 Å². The van der Waals surface area contributed by atoms with Gasteiger partial charge in [-0.05, 0) is 68.5 Å². The highest BCUT2D eigenvalue weighted by Gasteiger charge is 2.34. The van der Waals surface area contributed by atoms with Gasteiger partial charge in [0.25, 0.3) is 10.0 Å². The Balaban J connectivity index is 2.06. The Morgan fingerprint density at radius 1 is 0.875 bits per heavy atom. The number of benzene rings is 3. The minimum Gasteiger partial charge on any atom is -0.354 e. The lowest BCUT2D eigenvalue weighted by molar-refractivity contribution is -0.140. The van der Waals surface area contributed by atoms with Crippen molar-refractivity contribution in [2.75, 3.05) is 17.4 Å². The maximum absolute atomic E-state index is 14.1. The molecule has 3 rings (SSSR count). The van der Waals surface area contributed by atoms with E-state index in [1.165, 1.54) is 21.3 Å². The molecule has 0 fully saturated rings. The van der Waals surface area contributed by atoms with Crippen LogP contribution in [0.3, 0.4) is 0 Å². The second-order valence-corrected chi connectivity index (χ2v) is 12.1. The average Bonchev–Trinajstić information content (AvgIpc) is 2.94. The first-order valence-corrected chi connectivity index (χ1v) is 15.3. The molecule has 1 unspecified atom stereocenters. The molecule has 1 atom stereocenters. The van der Waals surface area contributed by atoms with Crippen LogP contribution in [0.15, 0.2) is 77.7 Å². The van der Waals surface area contributed by atoms with Crippen molar-refractivity contribution >= 4 is 27.5 Å². The van der Waals surface area contributed by atoms with Gasteiger partial charge in [0, 0.05) is 13.1 Å². The highest BCUT2D eigenvalue weighted by Crippen LogP contribution is 2.28. The summed E-state index contributed by atoms with van der Waals surface area (Å²) in [7, 11) is -4.09. The predicted molar refractivity (Wildman–Crippen MR) is 161 cm³/mol. The molecule has 214 valence electrons. The Morgan fingerprint density at radius 3 is 2.15 bits per heavy atom. The molecule has 0 radical (unpaired) electrons. The number of rotatable bonds is 13. The summed E-state index contributed by atoms with van der Waals surface area (Å²) >= 11 is 0. The lowest BCUT2D eigenvalue weighted by Crippen LogP contribution is -2.52. The van der Waals surface area contributed by atoms with E-state index in [-0.39, 0.29) is 17.3 Å². The summed E-state index contributed by atoms with van der Waals surface area (Å²) in [6.45, 7) is 9.88. The number of aryl methyl sites for hydroxylation is 3. The van der Waals surface area contributed by atoms with E-state index < -0.39 is 28.5 Å². The van der Waals surface area contributed by atoms with Crippen LogP contribution >= 0.6 is 0 Å². The van der Waals surface area contributed by atoms with Gasteiger partial charge in [-0.1, -0.05) is 80.4 Å². The van der Waals surface area contributed by atoms with Crippen LogP contribution in [0, 0.1) is 20.8 Å². The van der Waals surface area contributed by atoms with E-state index in [9.17, 15) is 18.0 Å². The topological polar surface area (TPSA) is 86.8 Å².